The molecule has 0 radical (unpaired) electrons. The number of β-lactam (4-membered cyclic amide) rings is 1. The van der Waals surface area contributed by atoms with Crippen LogP contribution in [0.5, 0.6) is 0 Å². The molecule has 19 heteroatoms. The molecule has 3 heterocycles. The number of fused-ring (bicyclic) bond motifs is 1. The summed E-state index contributed by atoms with van der Waals surface area (Å²) in [6, 6.07) is 5.16. The number of rotatable bonds is 10. The molecule has 2 amide bonds. The first kappa shape index (κ1) is 38.4. The van der Waals surface area contributed by atoms with Crippen LogP contribution in [0, 0.1) is 5.41 Å². The molecule has 1 aromatic heterocycles. The molecule has 1 fully saturated rings. The molecular weight excluding hydrogens is 691 g/mol. The maximum atomic E-state index is 13.0. The average Bonchev–Trinajstić information content (AvgIpc) is 3.44. The number of amides is 2. The molecule has 4 rings (SSSR count). The lowest BCUT2D eigenvalue weighted by Crippen LogP contribution is -2.71. The van der Waals surface area contributed by atoms with Gasteiger partial charge in [-0.05, 0) is 50.5 Å². The summed E-state index contributed by atoms with van der Waals surface area (Å²) >= 11 is 2.37. The van der Waals surface area contributed by atoms with Crippen molar-refractivity contribution in [3.05, 3.63) is 52.2 Å². The van der Waals surface area contributed by atoms with Crippen LogP contribution in [0.25, 0.3) is 0 Å². The zero-order valence-corrected chi connectivity index (χ0v) is 29.4. The molecule has 48 heavy (non-hydrogen) atoms. The largest absolute Gasteiger partial charge is 0.425 e. The first-order valence-electron chi connectivity index (χ1n) is 14.3. The number of carbonyl (C=O) groups is 4. The number of benzene rings is 1. The van der Waals surface area contributed by atoms with Crippen molar-refractivity contribution >= 4 is 67.8 Å². The highest BCUT2D eigenvalue weighted by Crippen LogP contribution is 2.41. The number of hydrogen-bond acceptors (Lipinski definition) is 15. The number of esters is 2. The second kappa shape index (κ2) is 15.9. The molecule has 2 unspecified atom stereocenters. The molecule has 16 nitrogen and oxygen atoms in total. The Balaban J connectivity index is 0.000000437. The van der Waals surface area contributed by atoms with Crippen LogP contribution in [0.15, 0.2) is 51.0 Å². The number of nitrogens with one attached hydrogen (secondary N) is 1. The van der Waals surface area contributed by atoms with Crippen molar-refractivity contribution < 1.29 is 51.6 Å². The Morgan fingerprint density at radius 2 is 1.85 bits per heavy atom. The van der Waals surface area contributed by atoms with Crippen molar-refractivity contribution in [2.24, 2.45) is 10.6 Å². The summed E-state index contributed by atoms with van der Waals surface area (Å²) in [5.74, 6) is -2.51. The maximum Gasteiger partial charge on any atom is 0.358 e. The van der Waals surface area contributed by atoms with E-state index in [4.69, 9.17) is 24.5 Å². The van der Waals surface area contributed by atoms with Crippen LogP contribution in [0.2, 0.25) is 0 Å². The van der Waals surface area contributed by atoms with Crippen molar-refractivity contribution in [2.45, 2.75) is 63.6 Å². The van der Waals surface area contributed by atoms with Gasteiger partial charge in [-0.15, -0.1) is 23.1 Å². The van der Waals surface area contributed by atoms with E-state index in [0.29, 0.717) is 11.3 Å². The number of methoxy groups -OCH3 is 1. The summed E-state index contributed by atoms with van der Waals surface area (Å²) < 4.78 is 45.5. The predicted molar refractivity (Wildman–Crippen MR) is 176 cm³/mol. The molecule has 0 bridgehead atoms. The fourth-order valence-electron chi connectivity index (χ4n) is 4.23. The van der Waals surface area contributed by atoms with E-state index in [9.17, 15) is 32.8 Å². The van der Waals surface area contributed by atoms with Crippen LogP contribution < -0.4 is 11.1 Å². The Kier molecular flexibility index (Phi) is 12.7. The topological polar surface area (TPSA) is 237 Å². The lowest BCUT2D eigenvalue weighted by molar-refractivity contribution is -0.190. The standard InChI is InChI=1S/C21H27N5O8S2.C8H10O3S/c1-9(34-19(30)21(2,3)4)33-18(29)14-10(6-32-5)7-35-17-13(16(28)26(14)17)24-15(27)12(25-31)11-8-36-20(22)23-11;1-2-7-3-5-8(6-4-7)12(9,10)11/h8-9,13,17,31H,6-7H2,1-5H3,(H2,22,23)(H,24,27);3-6H,2H2,1H3,(H,9,10,11)/b25-12-;/t9?,13?,17-;/m0./s1. The minimum absolute atomic E-state index is 0.0296. The minimum atomic E-state index is -4.03. The molecule has 2 aliphatic heterocycles. The molecule has 2 aromatic rings. The summed E-state index contributed by atoms with van der Waals surface area (Å²) in [5.41, 5.74) is 5.95. The highest BCUT2D eigenvalue weighted by atomic mass is 32.2. The van der Waals surface area contributed by atoms with Gasteiger partial charge >= 0.3 is 11.9 Å². The molecule has 2 aliphatic rings. The summed E-state index contributed by atoms with van der Waals surface area (Å²) in [6.07, 6.45) is -0.347. The predicted octanol–water partition coefficient (Wildman–Crippen LogP) is 2.18. The number of hydrogen-bond donors (Lipinski definition) is 4. The van der Waals surface area contributed by atoms with Gasteiger partial charge in [-0.25, -0.2) is 9.78 Å². The fourth-order valence-corrected chi connectivity index (χ4v) is 6.59. The van der Waals surface area contributed by atoms with Gasteiger partial charge in [-0.3, -0.25) is 23.8 Å². The Bertz CT molecular complexity index is 1700. The molecule has 0 saturated carbocycles. The smallest absolute Gasteiger partial charge is 0.358 e. The molecule has 262 valence electrons. The van der Waals surface area contributed by atoms with Gasteiger partial charge in [-0.2, -0.15) is 8.42 Å². The SMILES string of the molecule is CCc1ccc(S(=O)(=O)O)cc1.COCC1=C(C(=O)OC(C)OC(=O)C(C)(C)C)N2C(=O)C(NC(=O)/C(=N\O)c3csc(N)n3)[C@@H]2SC1. The zero-order valence-electron chi connectivity index (χ0n) is 27.0. The van der Waals surface area contributed by atoms with Gasteiger partial charge in [-0.1, -0.05) is 24.2 Å². The van der Waals surface area contributed by atoms with Crippen LogP contribution >= 0.6 is 23.1 Å². The van der Waals surface area contributed by atoms with Gasteiger partial charge in [0, 0.05) is 25.2 Å². The molecule has 0 spiro atoms. The Labute approximate surface area is 285 Å². The van der Waals surface area contributed by atoms with Gasteiger partial charge in [0.15, 0.2) is 10.8 Å². The molecule has 3 atom stereocenters. The number of ether oxygens (including phenoxy) is 3. The molecule has 1 aromatic carbocycles. The third kappa shape index (κ3) is 9.31. The van der Waals surface area contributed by atoms with Crippen molar-refractivity contribution in [3.8, 4) is 0 Å². The average molecular weight is 728 g/mol. The number of aryl methyl sites for hydroxylation is 1. The molecular formula is C29H37N5O11S3. The summed E-state index contributed by atoms with van der Waals surface area (Å²) in [5, 5.41) is 15.8. The number of nitrogen functional groups attached to an aromatic ring is 1. The van der Waals surface area contributed by atoms with E-state index in [1.165, 1.54) is 48.2 Å². The van der Waals surface area contributed by atoms with Crippen LogP contribution in [0.1, 0.15) is 45.9 Å². The first-order chi connectivity index (χ1) is 22.4. The van der Waals surface area contributed by atoms with Crippen LogP contribution in [-0.4, -0.2) is 94.7 Å². The van der Waals surface area contributed by atoms with E-state index in [0.717, 1.165) is 23.3 Å². The highest BCUT2D eigenvalue weighted by molar-refractivity contribution is 8.00. The fraction of sp³-hybridized carbons (Fsp3) is 0.448. The number of thiazole rings is 1. The summed E-state index contributed by atoms with van der Waals surface area (Å²) in [6.45, 7) is 8.42. The number of aromatic nitrogens is 1. The quantitative estimate of drug-likeness (QED) is 0.0522. The number of carbonyl (C=O) groups excluding carboxylic acids is 4. The molecule has 5 N–H and O–H groups in total. The molecule has 0 aliphatic carbocycles. The van der Waals surface area contributed by atoms with Gasteiger partial charge in [0.05, 0.1) is 16.9 Å². The van der Waals surface area contributed by atoms with E-state index in [1.807, 2.05) is 6.92 Å². The van der Waals surface area contributed by atoms with Gasteiger partial charge in [0.25, 0.3) is 21.9 Å². The third-order valence-electron chi connectivity index (χ3n) is 6.71. The number of oxime groups is 1. The monoisotopic (exact) mass is 727 g/mol. The summed E-state index contributed by atoms with van der Waals surface area (Å²) in [7, 11) is -2.58. The maximum absolute atomic E-state index is 13.0. The van der Waals surface area contributed by atoms with E-state index in [2.05, 4.69) is 15.5 Å². The van der Waals surface area contributed by atoms with Gasteiger partial charge < -0.3 is 30.5 Å². The number of nitrogens with two attached hydrogens (primary N) is 1. The second-order valence-corrected chi connectivity index (χ2v) is 14.8. The highest BCUT2D eigenvalue weighted by Gasteiger charge is 2.55. The van der Waals surface area contributed by atoms with Crippen molar-refractivity contribution in [2.75, 3.05) is 25.2 Å². The van der Waals surface area contributed by atoms with Crippen LogP contribution in [0.3, 0.4) is 0 Å². The second-order valence-electron chi connectivity index (χ2n) is 11.4. The Morgan fingerprint density at radius 1 is 1.21 bits per heavy atom. The number of anilines is 1. The third-order valence-corrected chi connectivity index (χ3v) is 9.59. The zero-order chi connectivity index (χ0) is 36.0. The Hall–Kier alpha value is -4.04. The Morgan fingerprint density at radius 3 is 2.35 bits per heavy atom. The van der Waals surface area contributed by atoms with Crippen LogP contribution in [-0.2, 0) is 49.9 Å². The minimum Gasteiger partial charge on any atom is -0.425 e. The van der Waals surface area contributed by atoms with E-state index in [1.54, 1.807) is 32.9 Å². The van der Waals surface area contributed by atoms with Crippen molar-refractivity contribution in [3.63, 3.8) is 0 Å². The number of thioether (sulfide) groups is 1. The normalized spacial score (nSPS) is 18.5. The van der Waals surface area contributed by atoms with E-state index in [-0.39, 0.29) is 28.0 Å². The summed E-state index contributed by atoms with van der Waals surface area (Å²) in [4.78, 5) is 56.0. The van der Waals surface area contributed by atoms with E-state index < -0.39 is 62.7 Å². The number of nitrogens with zero attached hydrogens (tertiary/aromatic N) is 3. The van der Waals surface area contributed by atoms with Gasteiger partial charge in [0.2, 0.25) is 6.29 Å². The van der Waals surface area contributed by atoms with Gasteiger partial charge in [0.1, 0.15) is 22.8 Å². The lowest BCUT2D eigenvalue weighted by Gasteiger charge is -2.49. The molecule has 1 saturated heterocycles. The van der Waals surface area contributed by atoms with Crippen LogP contribution in [0.4, 0.5) is 5.13 Å². The van der Waals surface area contributed by atoms with E-state index >= 15 is 0 Å². The van der Waals surface area contributed by atoms with Crippen molar-refractivity contribution in [1.29, 1.82) is 0 Å². The van der Waals surface area contributed by atoms with Crippen molar-refractivity contribution in [1.82, 2.24) is 15.2 Å². The lowest BCUT2D eigenvalue weighted by atomic mass is 9.97. The first-order valence-corrected chi connectivity index (χ1v) is 17.7.